The smallest absolute Gasteiger partial charge is 0.159 e. The van der Waals surface area contributed by atoms with E-state index in [-0.39, 0.29) is 6.29 Å². The van der Waals surface area contributed by atoms with E-state index in [9.17, 15) is 0 Å². The first-order valence-corrected chi connectivity index (χ1v) is 4.50. The second kappa shape index (κ2) is 6.13. The van der Waals surface area contributed by atoms with E-state index in [1.807, 2.05) is 0 Å². The summed E-state index contributed by atoms with van der Waals surface area (Å²) in [6.07, 6.45) is 1.02. The lowest BCUT2D eigenvalue weighted by molar-refractivity contribution is -0.133. The molecular weight excluding hydrogens is 196 g/mol. The van der Waals surface area contributed by atoms with Gasteiger partial charge in [0.1, 0.15) is 0 Å². The molecule has 0 aliphatic carbocycles. The molecule has 0 aromatic rings. The third-order valence-electron chi connectivity index (χ3n) is 1.49. The van der Waals surface area contributed by atoms with Crippen molar-refractivity contribution in [3.8, 4) is 0 Å². The maximum atomic E-state index is 5.07. The number of rotatable bonds is 5. The summed E-state index contributed by atoms with van der Waals surface area (Å²) in [7, 11) is 3.33. The highest BCUT2D eigenvalue weighted by atomic mass is 79.9. The summed E-state index contributed by atoms with van der Waals surface area (Å²) >= 11 is 3.37. The fourth-order valence-corrected chi connectivity index (χ4v) is 1.59. The Balaban J connectivity index is 3.53. The van der Waals surface area contributed by atoms with Crippen LogP contribution in [0.5, 0.6) is 0 Å². The minimum atomic E-state index is -0.0578. The average molecular weight is 211 g/mol. The first kappa shape index (κ1) is 10.4. The van der Waals surface area contributed by atoms with Gasteiger partial charge in [0, 0.05) is 25.5 Å². The molecule has 0 radical (unpaired) electrons. The zero-order valence-corrected chi connectivity index (χ0v) is 8.35. The van der Waals surface area contributed by atoms with Gasteiger partial charge in [0.25, 0.3) is 0 Å². The molecule has 1 atom stereocenters. The zero-order valence-electron chi connectivity index (χ0n) is 6.76. The van der Waals surface area contributed by atoms with Crippen LogP contribution in [0.3, 0.4) is 0 Å². The second-order valence-corrected chi connectivity index (χ2v) is 3.09. The third kappa shape index (κ3) is 3.54. The number of alkyl halides is 1. The number of ether oxygens (including phenoxy) is 2. The summed E-state index contributed by atoms with van der Waals surface area (Å²) in [6.45, 7) is 2.11. The molecule has 0 amide bonds. The lowest BCUT2D eigenvalue weighted by atomic mass is 10.1. The zero-order chi connectivity index (χ0) is 7.98. The molecule has 0 N–H and O–H groups in total. The first-order valence-electron chi connectivity index (χ1n) is 3.37. The van der Waals surface area contributed by atoms with Crippen LogP contribution >= 0.6 is 15.9 Å². The van der Waals surface area contributed by atoms with Crippen molar-refractivity contribution in [1.82, 2.24) is 0 Å². The fraction of sp³-hybridized carbons (Fsp3) is 1.00. The molecular formula is C7H15BrO2. The standard InChI is InChI=1S/C7H15BrO2/c1-6(4-5-8)7(9-2)10-3/h6-7H,4-5H2,1-3H3/t6-/m1/s1. The summed E-state index contributed by atoms with van der Waals surface area (Å²) in [4.78, 5) is 0. The van der Waals surface area contributed by atoms with E-state index in [4.69, 9.17) is 9.47 Å². The van der Waals surface area contributed by atoms with Crippen molar-refractivity contribution < 1.29 is 9.47 Å². The predicted molar refractivity (Wildman–Crippen MR) is 45.4 cm³/mol. The number of methoxy groups -OCH3 is 2. The largest absolute Gasteiger partial charge is 0.356 e. The minimum absolute atomic E-state index is 0.0578. The van der Waals surface area contributed by atoms with Gasteiger partial charge in [0.15, 0.2) is 6.29 Å². The van der Waals surface area contributed by atoms with Crippen molar-refractivity contribution in [2.45, 2.75) is 19.6 Å². The molecule has 10 heavy (non-hydrogen) atoms. The van der Waals surface area contributed by atoms with E-state index in [1.54, 1.807) is 14.2 Å². The van der Waals surface area contributed by atoms with Crippen LogP contribution in [0.1, 0.15) is 13.3 Å². The normalized spacial score (nSPS) is 14.1. The van der Waals surface area contributed by atoms with E-state index < -0.39 is 0 Å². The molecule has 0 heterocycles. The SMILES string of the molecule is COC(OC)[C@H](C)CCBr. The topological polar surface area (TPSA) is 18.5 Å². The highest BCUT2D eigenvalue weighted by Crippen LogP contribution is 2.12. The van der Waals surface area contributed by atoms with E-state index >= 15 is 0 Å². The van der Waals surface area contributed by atoms with E-state index in [0.717, 1.165) is 11.8 Å². The van der Waals surface area contributed by atoms with Gasteiger partial charge in [-0.2, -0.15) is 0 Å². The van der Waals surface area contributed by atoms with Crippen molar-refractivity contribution >= 4 is 15.9 Å². The molecule has 0 fully saturated rings. The number of hydrogen-bond donors (Lipinski definition) is 0. The van der Waals surface area contributed by atoms with Gasteiger partial charge in [0.2, 0.25) is 0 Å². The fourth-order valence-electron chi connectivity index (χ4n) is 0.869. The van der Waals surface area contributed by atoms with E-state index in [2.05, 4.69) is 22.9 Å². The van der Waals surface area contributed by atoms with Crippen LogP contribution in [0.15, 0.2) is 0 Å². The van der Waals surface area contributed by atoms with Crippen LogP contribution in [0.2, 0.25) is 0 Å². The molecule has 0 saturated carbocycles. The van der Waals surface area contributed by atoms with Crippen LogP contribution in [0.25, 0.3) is 0 Å². The molecule has 0 rings (SSSR count). The molecule has 0 aliphatic rings. The van der Waals surface area contributed by atoms with Crippen LogP contribution in [0.4, 0.5) is 0 Å². The third-order valence-corrected chi connectivity index (χ3v) is 1.95. The van der Waals surface area contributed by atoms with E-state index in [0.29, 0.717) is 5.92 Å². The van der Waals surface area contributed by atoms with Crippen LogP contribution < -0.4 is 0 Å². The summed E-state index contributed by atoms with van der Waals surface area (Å²) < 4.78 is 10.1. The lowest BCUT2D eigenvalue weighted by Crippen LogP contribution is -2.22. The Kier molecular flexibility index (Phi) is 6.38. The molecule has 3 heteroatoms. The Morgan fingerprint density at radius 3 is 2.10 bits per heavy atom. The van der Waals surface area contributed by atoms with Gasteiger partial charge in [0.05, 0.1) is 0 Å². The van der Waals surface area contributed by atoms with E-state index in [1.165, 1.54) is 0 Å². The molecule has 0 aliphatic heterocycles. The van der Waals surface area contributed by atoms with Gasteiger partial charge in [-0.05, 0) is 6.42 Å². The number of hydrogen-bond acceptors (Lipinski definition) is 2. The maximum absolute atomic E-state index is 5.07. The minimum Gasteiger partial charge on any atom is -0.356 e. The van der Waals surface area contributed by atoms with Crippen molar-refractivity contribution in [1.29, 1.82) is 0 Å². The molecule has 0 aromatic carbocycles. The Morgan fingerprint density at radius 2 is 1.80 bits per heavy atom. The van der Waals surface area contributed by atoms with Gasteiger partial charge in [-0.25, -0.2) is 0 Å². The Bertz CT molecular complexity index is 74.0. The monoisotopic (exact) mass is 210 g/mol. The molecule has 0 saturated heterocycles. The van der Waals surface area contributed by atoms with Crippen LogP contribution in [0, 0.1) is 5.92 Å². The maximum Gasteiger partial charge on any atom is 0.159 e. The Morgan fingerprint density at radius 1 is 1.30 bits per heavy atom. The van der Waals surface area contributed by atoms with Crippen LogP contribution in [-0.4, -0.2) is 25.8 Å². The summed E-state index contributed by atoms with van der Waals surface area (Å²) in [5.41, 5.74) is 0. The van der Waals surface area contributed by atoms with Gasteiger partial charge in [-0.3, -0.25) is 0 Å². The van der Waals surface area contributed by atoms with Gasteiger partial charge >= 0.3 is 0 Å². The molecule has 2 nitrogen and oxygen atoms in total. The molecule has 0 aromatic heterocycles. The van der Waals surface area contributed by atoms with Gasteiger partial charge in [-0.1, -0.05) is 22.9 Å². The summed E-state index contributed by atoms with van der Waals surface area (Å²) in [6, 6.07) is 0. The molecule has 0 spiro atoms. The highest BCUT2D eigenvalue weighted by Gasteiger charge is 2.13. The van der Waals surface area contributed by atoms with Gasteiger partial charge in [-0.15, -0.1) is 0 Å². The predicted octanol–water partition coefficient (Wildman–Crippen LogP) is 2.03. The quantitative estimate of drug-likeness (QED) is 0.511. The highest BCUT2D eigenvalue weighted by molar-refractivity contribution is 9.09. The molecule has 62 valence electrons. The first-order chi connectivity index (χ1) is 4.76. The van der Waals surface area contributed by atoms with Crippen molar-refractivity contribution in [2.75, 3.05) is 19.5 Å². The summed E-state index contributed by atoms with van der Waals surface area (Å²) in [5, 5.41) is 0.997. The van der Waals surface area contributed by atoms with Crippen molar-refractivity contribution in [2.24, 2.45) is 5.92 Å². The lowest BCUT2D eigenvalue weighted by Gasteiger charge is -2.19. The summed E-state index contributed by atoms with van der Waals surface area (Å²) in [5.74, 6) is 0.453. The second-order valence-electron chi connectivity index (χ2n) is 2.29. The van der Waals surface area contributed by atoms with Crippen LogP contribution in [-0.2, 0) is 9.47 Å². The Labute approximate surface area is 71.0 Å². The average Bonchev–Trinajstić information content (AvgIpc) is 1.91. The molecule has 0 unspecified atom stereocenters. The van der Waals surface area contributed by atoms with Crippen molar-refractivity contribution in [3.63, 3.8) is 0 Å². The van der Waals surface area contributed by atoms with Gasteiger partial charge < -0.3 is 9.47 Å². The number of halogens is 1. The van der Waals surface area contributed by atoms with Crippen molar-refractivity contribution in [3.05, 3.63) is 0 Å². The Hall–Kier alpha value is 0.400. The molecule has 0 bridgehead atoms.